The lowest BCUT2D eigenvalue weighted by atomic mass is 10.1. The summed E-state index contributed by atoms with van der Waals surface area (Å²) in [6, 6.07) is 0. The molecule has 0 bridgehead atoms. The minimum atomic E-state index is 0.201. The number of amides is 1. The van der Waals surface area contributed by atoms with E-state index in [2.05, 4.69) is 24.1 Å². The SMILES string of the molecule is CC(C)CCCCC(=O)NCCN1CCOCC1. The molecule has 0 unspecified atom stereocenters. The van der Waals surface area contributed by atoms with Crippen molar-refractivity contribution in [3.8, 4) is 0 Å². The van der Waals surface area contributed by atoms with Crippen molar-refractivity contribution >= 4 is 5.91 Å². The molecule has 0 saturated carbocycles. The molecule has 0 radical (unpaired) electrons. The lowest BCUT2D eigenvalue weighted by Crippen LogP contribution is -2.41. The Balaban J connectivity index is 1.92. The Bertz CT molecular complexity index is 226. The summed E-state index contributed by atoms with van der Waals surface area (Å²) < 4.78 is 5.28. The average Bonchev–Trinajstić information content (AvgIpc) is 2.36. The van der Waals surface area contributed by atoms with Crippen LogP contribution in [0.3, 0.4) is 0 Å². The van der Waals surface area contributed by atoms with E-state index in [4.69, 9.17) is 4.74 Å². The van der Waals surface area contributed by atoms with Crippen LogP contribution in [0.25, 0.3) is 0 Å². The second-order valence-electron chi connectivity index (χ2n) is 5.44. The highest BCUT2D eigenvalue weighted by Crippen LogP contribution is 2.07. The van der Waals surface area contributed by atoms with Gasteiger partial charge in [-0.1, -0.05) is 26.7 Å². The fraction of sp³-hybridized carbons (Fsp3) is 0.929. The Morgan fingerprint density at radius 1 is 1.28 bits per heavy atom. The molecule has 0 aromatic rings. The molecule has 4 nitrogen and oxygen atoms in total. The van der Waals surface area contributed by atoms with Crippen LogP contribution in [-0.2, 0) is 9.53 Å². The molecule has 4 heteroatoms. The zero-order chi connectivity index (χ0) is 13.2. The summed E-state index contributed by atoms with van der Waals surface area (Å²) in [4.78, 5) is 13.9. The van der Waals surface area contributed by atoms with Gasteiger partial charge >= 0.3 is 0 Å². The number of carbonyl (C=O) groups is 1. The zero-order valence-corrected chi connectivity index (χ0v) is 11.9. The van der Waals surface area contributed by atoms with Crippen molar-refractivity contribution in [1.29, 1.82) is 0 Å². The smallest absolute Gasteiger partial charge is 0.220 e. The van der Waals surface area contributed by atoms with Gasteiger partial charge in [-0.05, 0) is 12.3 Å². The van der Waals surface area contributed by atoms with Gasteiger partial charge in [-0.25, -0.2) is 0 Å². The number of carbonyl (C=O) groups excluding carboxylic acids is 1. The average molecular weight is 256 g/mol. The molecule has 0 aromatic carbocycles. The second kappa shape index (κ2) is 9.34. The number of ether oxygens (including phenoxy) is 1. The van der Waals surface area contributed by atoms with Crippen LogP contribution in [0.4, 0.5) is 0 Å². The summed E-state index contributed by atoms with van der Waals surface area (Å²) in [6.45, 7) is 9.79. The van der Waals surface area contributed by atoms with E-state index in [1.165, 1.54) is 6.42 Å². The van der Waals surface area contributed by atoms with Gasteiger partial charge in [0.25, 0.3) is 0 Å². The molecule has 18 heavy (non-hydrogen) atoms. The third-order valence-corrected chi connectivity index (χ3v) is 3.29. The van der Waals surface area contributed by atoms with Crippen molar-refractivity contribution in [3.05, 3.63) is 0 Å². The lowest BCUT2D eigenvalue weighted by Gasteiger charge is -2.26. The molecule has 1 aliphatic rings. The molecule has 1 fully saturated rings. The largest absolute Gasteiger partial charge is 0.379 e. The highest BCUT2D eigenvalue weighted by Gasteiger charge is 2.09. The Morgan fingerprint density at radius 3 is 2.67 bits per heavy atom. The first-order valence-electron chi connectivity index (χ1n) is 7.25. The molecule has 106 valence electrons. The van der Waals surface area contributed by atoms with Gasteiger partial charge in [0.05, 0.1) is 13.2 Å². The van der Waals surface area contributed by atoms with Gasteiger partial charge in [0, 0.05) is 32.6 Å². The number of unbranched alkanes of at least 4 members (excludes halogenated alkanes) is 1. The van der Waals surface area contributed by atoms with E-state index < -0.39 is 0 Å². The van der Waals surface area contributed by atoms with Crippen molar-refractivity contribution in [1.82, 2.24) is 10.2 Å². The van der Waals surface area contributed by atoms with Gasteiger partial charge < -0.3 is 10.1 Å². The fourth-order valence-corrected chi connectivity index (χ4v) is 2.10. The van der Waals surface area contributed by atoms with Crippen molar-refractivity contribution in [3.63, 3.8) is 0 Å². The quantitative estimate of drug-likeness (QED) is 0.671. The lowest BCUT2D eigenvalue weighted by molar-refractivity contribution is -0.121. The standard InChI is InChI=1S/C14H28N2O2/c1-13(2)5-3-4-6-14(17)15-7-8-16-9-11-18-12-10-16/h13H,3-12H2,1-2H3,(H,15,17). The van der Waals surface area contributed by atoms with E-state index in [1.807, 2.05) is 0 Å². The van der Waals surface area contributed by atoms with Gasteiger partial charge in [-0.2, -0.15) is 0 Å². The predicted octanol–water partition coefficient (Wildman–Crippen LogP) is 1.65. The monoisotopic (exact) mass is 256 g/mol. The maximum atomic E-state index is 11.6. The minimum Gasteiger partial charge on any atom is -0.379 e. The molecule has 1 aliphatic heterocycles. The van der Waals surface area contributed by atoms with Crippen LogP contribution in [-0.4, -0.2) is 50.2 Å². The summed E-state index contributed by atoms with van der Waals surface area (Å²) in [6.07, 6.45) is 4.08. The molecule has 0 aliphatic carbocycles. The normalized spacial score (nSPS) is 17.1. The third kappa shape index (κ3) is 7.67. The van der Waals surface area contributed by atoms with Gasteiger partial charge in [0.2, 0.25) is 5.91 Å². The molecule has 1 heterocycles. The molecule has 1 rings (SSSR count). The molecule has 1 N–H and O–H groups in total. The Morgan fingerprint density at radius 2 is 2.00 bits per heavy atom. The predicted molar refractivity (Wildman–Crippen MR) is 73.6 cm³/mol. The number of nitrogens with one attached hydrogen (secondary N) is 1. The highest BCUT2D eigenvalue weighted by atomic mass is 16.5. The van der Waals surface area contributed by atoms with Crippen molar-refractivity contribution in [2.75, 3.05) is 39.4 Å². The number of rotatable bonds is 8. The topological polar surface area (TPSA) is 41.6 Å². The maximum Gasteiger partial charge on any atom is 0.220 e. The first-order chi connectivity index (χ1) is 8.68. The van der Waals surface area contributed by atoms with E-state index in [-0.39, 0.29) is 5.91 Å². The van der Waals surface area contributed by atoms with E-state index in [9.17, 15) is 4.79 Å². The van der Waals surface area contributed by atoms with Crippen molar-refractivity contribution in [2.45, 2.75) is 39.5 Å². The molecular weight excluding hydrogens is 228 g/mol. The first kappa shape index (κ1) is 15.4. The number of nitrogens with zero attached hydrogens (tertiary/aromatic N) is 1. The van der Waals surface area contributed by atoms with Crippen LogP contribution in [0, 0.1) is 5.92 Å². The number of hydrogen-bond donors (Lipinski definition) is 1. The third-order valence-electron chi connectivity index (χ3n) is 3.29. The van der Waals surface area contributed by atoms with E-state index >= 15 is 0 Å². The Kier molecular flexibility index (Phi) is 8.01. The molecular formula is C14H28N2O2. The molecule has 0 aromatic heterocycles. The van der Waals surface area contributed by atoms with Crippen LogP contribution < -0.4 is 5.32 Å². The second-order valence-corrected chi connectivity index (χ2v) is 5.44. The van der Waals surface area contributed by atoms with Crippen LogP contribution in [0.15, 0.2) is 0 Å². The minimum absolute atomic E-state index is 0.201. The highest BCUT2D eigenvalue weighted by molar-refractivity contribution is 5.75. The maximum absolute atomic E-state index is 11.6. The molecule has 0 atom stereocenters. The summed E-state index contributed by atoms with van der Waals surface area (Å²) in [7, 11) is 0. The number of morpholine rings is 1. The Hall–Kier alpha value is -0.610. The molecule has 1 saturated heterocycles. The first-order valence-corrected chi connectivity index (χ1v) is 7.25. The summed E-state index contributed by atoms with van der Waals surface area (Å²) in [5.74, 6) is 0.946. The van der Waals surface area contributed by atoms with Gasteiger partial charge in [-0.3, -0.25) is 9.69 Å². The van der Waals surface area contributed by atoms with Crippen LogP contribution in [0.2, 0.25) is 0 Å². The van der Waals surface area contributed by atoms with E-state index in [0.29, 0.717) is 6.42 Å². The van der Waals surface area contributed by atoms with Crippen LogP contribution >= 0.6 is 0 Å². The Labute approximate surface area is 111 Å². The van der Waals surface area contributed by atoms with Gasteiger partial charge in [-0.15, -0.1) is 0 Å². The molecule has 1 amide bonds. The van der Waals surface area contributed by atoms with Gasteiger partial charge in [0.1, 0.15) is 0 Å². The van der Waals surface area contributed by atoms with Crippen molar-refractivity contribution < 1.29 is 9.53 Å². The fourth-order valence-electron chi connectivity index (χ4n) is 2.10. The zero-order valence-electron chi connectivity index (χ0n) is 11.9. The molecule has 0 spiro atoms. The van der Waals surface area contributed by atoms with Gasteiger partial charge in [0.15, 0.2) is 0 Å². The summed E-state index contributed by atoms with van der Waals surface area (Å²) >= 11 is 0. The van der Waals surface area contributed by atoms with E-state index in [1.54, 1.807) is 0 Å². The van der Waals surface area contributed by atoms with Crippen LogP contribution in [0.5, 0.6) is 0 Å². The summed E-state index contributed by atoms with van der Waals surface area (Å²) in [5, 5.41) is 3.00. The van der Waals surface area contributed by atoms with E-state index in [0.717, 1.165) is 58.2 Å². The summed E-state index contributed by atoms with van der Waals surface area (Å²) in [5.41, 5.74) is 0. The van der Waals surface area contributed by atoms with Crippen molar-refractivity contribution in [2.24, 2.45) is 5.92 Å². The number of hydrogen-bond acceptors (Lipinski definition) is 3. The van der Waals surface area contributed by atoms with Crippen LogP contribution in [0.1, 0.15) is 39.5 Å².